The Morgan fingerprint density at radius 3 is 2.65 bits per heavy atom. The summed E-state index contributed by atoms with van der Waals surface area (Å²) in [4.78, 5) is 8.41. The molecule has 0 bridgehead atoms. The number of thiazole rings is 1. The van der Waals surface area contributed by atoms with Crippen molar-refractivity contribution >= 4 is 44.6 Å². The van der Waals surface area contributed by atoms with Crippen LogP contribution in [0.4, 0.5) is 0 Å². The Morgan fingerprint density at radius 1 is 1.12 bits per heavy atom. The van der Waals surface area contributed by atoms with Crippen LogP contribution in [0.25, 0.3) is 10.6 Å². The lowest BCUT2D eigenvalue weighted by atomic mass is 10.2. The van der Waals surface area contributed by atoms with E-state index in [0.717, 1.165) is 16.3 Å². The van der Waals surface area contributed by atoms with E-state index in [1.165, 1.54) is 17.5 Å². The first-order valence-corrected chi connectivity index (χ1v) is 11.0. The number of hydrogen-bond donors (Lipinski definition) is 1. The lowest BCUT2D eigenvalue weighted by Crippen LogP contribution is -2.27. The van der Waals surface area contributed by atoms with Crippen molar-refractivity contribution in [3.63, 3.8) is 0 Å². The summed E-state index contributed by atoms with van der Waals surface area (Å²) in [6.45, 7) is 0.273. The molecule has 0 aliphatic carbocycles. The summed E-state index contributed by atoms with van der Waals surface area (Å²) in [6, 6.07) is 10.7. The number of halogens is 2. The minimum Gasteiger partial charge on any atom is -0.244 e. The third kappa shape index (κ3) is 5.25. The second kappa shape index (κ2) is 8.45. The quantitative estimate of drug-likeness (QED) is 0.574. The number of nitrogens with one attached hydrogen (secondary N) is 1. The third-order valence-corrected chi connectivity index (χ3v) is 6.34. The summed E-state index contributed by atoms with van der Waals surface area (Å²) >= 11 is 13.4. The molecule has 0 unspecified atom stereocenters. The Bertz CT molecular complexity index is 989. The maximum atomic E-state index is 12.1. The van der Waals surface area contributed by atoms with Gasteiger partial charge in [0.2, 0.25) is 10.0 Å². The van der Waals surface area contributed by atoms with E-state index in [2.05, 4.69) is 14.7 Å². The number of nitrogens with zero attached hydrogens (tertiary/aromatic N) is 2. The summed E-state index contributed by atoms with van der Waals surface area (Å²) < 4.78 is 26.9. The van der Waals surface area contributed by atoms with Gasteiger partial charge in [-0.25, -0.2) is 23.1 Å². The van der Waals surface area contributed by atoms with Gasteiger partial charge in [-0.3, -0.25) is 0 Å². The van der Waals surface area contributed by atoms with E-state index in [4.69, 9.17) is 23.2 Å². The number of hydrogen-bond acceptors (Lipinski definition) is 5. The van der Waals surface area contributed by atoms with Crippen molar-refractivity contribution in [2.24, 2.45) is 0 Å². The number of rotatable bonds is 7. The fourth-order valence-electron chi connectivity index (χ4n) is 2.28. The summed E-state index contributed by atoms with van der Waals surface area (Å²) in [6.07, 6.45) is 1.96. The Hall–Kier alpha value is -1.51. The Balaban J connectivity index is 1.56. The van der Waals surface area contributed by atoms with E-state index in [1.807, 2.05) is 29.6 Å². The molecular formula is C17H15Cl2N3O2S2. The molecule has 0 amide bonds. The van der Waals surface area contributed by atoms with Crippen molar-refractivity contribution < 1.29 is 8.42 Å². The molecule has 0 saturated heterocycles. The average Bonchev–Trinajstić information content (AvgIpc) is 3.05. The minimum absolute atomic E-state index is 0.140. The van der Waals surface area contributed by atoms with Crippen LogP contribution >= 0.6 is 34.5 Å². The molecule has 0 radical (unpaired) electrons. The fraction of sp³-hybridized carbons (Fsp3) is 0.176. The molecule has 0 atom stereocenters. The van der Waals surface area contributed by atoms with E-state index >= 15 is 0 Å². The van der Waals surface area contributed by atoms with E-state index in [9.17, 15) is 8.42 Å². The van der Waals surface area contributed by atoms with Gasteiger partial charge in [-0.2, -0.15) is 0 Å². The third-order valence-electron chi connectivity index (χ3n) is 3.50. The Morgan fingerprint density at radius 2 is 1.92 bits per heavy atom. The molecule has 3 aromatic rings. The van der Waals surface area contributed by atoms with E-state index < -0.39 is 10.0 Å². The zero-order valence-corrected chi connectivity index (χ0v) is 16.7. The van der Waals surface area contributed by atoms with Gasteiger partial charge in [0.05, 0.1) is 16.5 Å². The number of pyridine rings is 1. The van der Waals surface area contributed by atoms with Crippen LogP contribution in [-0.2, 0) is 22.2 Å². The van der Waals surface area contributed by atoms with Gasteiger partial charge in [0.1, 0.15) is 10.2 Å². The average molecular weight is 428 g/mol. The van der Waals surface area contributed by atoms with Gasteiger partial charge in [-0.15, -0.1) is 11.3 Å². The van der Waals surface area contributed by atoms with Gasteiger partial charge in [0.15, 0.2) is 0 Å². The Kier molecular flexibility index (Phi) is 6.26. The Labute approximate surface area is 166 Å². The number of sulfonamides is 1. The molecule has 2 heterocycles. The zero-order valence-electron chi connectivity index (χ0n) is 13.5. The highest BCUT2D eigenvalue weighted by atomic mass is 35.5. The second-order valence-corrected chi connectivity index (χ2v) is 8.98. The maximum absolute atomic E-state index is 12.1. The topological polar surface area (TPSA) is 72.0 Å². The lowest BCUT2D eigenvalue weighted by Gasteiger charge is -2.06. The molecule has 1 aromatic carbocycles. The molecule has 26 heavy (non-hydrogen) atoms. The van der Waals surface area contributed by atoms with Crippen molar-refractivity contribution in [3.8, 4) is 10.6 Å². The van der Waals surface area contributed by atoms with Crippen LogP contribution in [0.2, 0.25) is 10.2 Å². The lowest BCUT2D eigenvalue weighted by molar-refractivity contribution is 0.580. The van der Waals surface area contributed by atoms with Gasteiger partial charge < -0.3 is 0 Å². The van der Waals surface area contributed by atoms with Crippen molar-refractivity contribution in [2.75, 3.05) is 6.54 Å². The largest absolute Gasteiger partial charge is 0.244 e. The van der Waals surface area contributed by atoms with Crippen LogP contribution in [0.5, 0.6) is 0 Å². The van der Waals surface area contributed by atoms with Crippen LogP contribution in [0.15, 0.2) is 48.0 Å². The standard InChI is InChI=1S/C17H15Cl2N3O2S2/c18-15-4-2-1-3-14(15)17-22-13(10-25-17)7-8-21-26(23,24)11-12-5-6-16(19)20-9-12/h1-6,9-10,21H,7-8,11H2. The maximum Gasteiger partial charge on any atom is 0.215 e. The fourth-order valence-corrected chi connectivity index (χ4v) is 4.69. The summed E-state index contributed by atoms with van der Waals surface area (Å²) in [5, 5.41) is 3.71. The molecule has 0 saturated carbocycles. The highest BCUT2D eigenvalue weighted by Gasteiger charge is 2.13. The van der Waals surface area contributed by atoms with E-state index in [1.54, 1.807) is 12.1 Å². The van der Waals surface area contributed by atoms with Gasteiger partial charge >= 0.3 is 0 Å². The monoisotopic (exact) mass is 427 g/mol. The molecule has 0 fully saturated rings. The molecule has 1 N–H and O–H groups in total. The van der Waals surface area contributed by atoms with Crippen molar-refractivity contribution in [3.05, 3.63) is 69.4 Å². The zero-order chi connectivity index (χ0) is 18.6. The first kappa shape index (κ1) is 19.3. The number of aromatic nitrogens is 2. The van der Waals surface area contributed by atoms with Gasteiger partial charge in [0, 0.05) is 30.1 Å². The summed E-state index contributed by atoms with van der Waals surface area (Å²) in [7, 11) is -3.45. The van der Waals surface area contributed by atoms with Crippen LogP contribution in [0, 0.1) is 0 Å². The van der Waals surface area contributed by atoms with Crippen molar-refractivity contribution in [1.29, 1.82) is 0 Å². The normalized spacial score (nSPS) is 11.6. The highest BCUT2D eigenvalue weighted by molar-refractivity contribution is 7.88. The van der Waals surface area contributed by atoms with Crippen molar-refractivity contribution in [2.45, 2.75) is 12.2 Å². The molecule has 0 spiro atoms. The smallest absolute Gasteiger partial charge is 0.215 e. The predicted octanol–water partition coefficient (Wildman–Crippen LogP) is 4.17. The summed E-state index contributed by atoms with van der Waals surface area (Å²) in [5.41, 5.74) is 2.28. The van der Waals surface area contributed by atoms with E-state index in [0.29, 0.717) is 22.2 Å². The molecular weight excluding hydrogens is 413 g/mol. The van der Waals surface area contributed by atoms with Gasteiger partial charge in [-0.05, 0) is 17.7 Å². The van der Waals surface area contributed by atoms with Crippen LogP contribution in [0.3, 0.4) is 0 Å². The van der Waals surface area contributed by atoms with Crippen molar-refractivity contribution in [1.82, 2.24) is 14.7 Å². The molecule has 9 heteroatoms. The number of benzene rings is 1. The minimum atomic E-state index is -3.45. The van der Waals surface area contributed by atoms with E-state index in [-0.39, 0.29) is 12.3 Å². The molecule has 2 aromatic heterocycles. The molecule has 136 valence electrons. The second-order valence-electron chi connectivity index (χ2n) is 5.52. The SMILES string of the molecule is O=S(=O)(Cc1ccc(Cl)nc1)NCCc1csc(-c2ccccc2Cl)n1. The van der Waals surface area contributed by atoms with Crippen LogP contribution in [-0.4, -0.2) is 24.9 Å². The first-order valence-electron chi connectivity index (χ1n) is 7.70. The van der Waals surface area contributed by atoms with Crippen LogP contribution in [0.1, 0.15) is 11.3 Å². The van der Waals surface area contributed by atoms with Gasteiger partial charge in [0.25, 0.3) is 0 Å². The molecule has 0 aliphatic heterocycles. The molecule has 3 rings (SSSR count). The van der Waals surface area contributed by atoms with Gasteiger partial charge in [-0.1, -0.05) is 47.5 Å². The first-order chi connectivity index (χ1) is 12.4. The highest BCUT2D eigenvalue weighted by Crippen LogP contribution is 2.30. The predicted molar refractivity (Wildman–Crippen MR) is 106 cm³/mol. The summed E-state index contributed by atoms with van der Waals surface area (Å²) in [5.74, 6) is -0.140. The van der Waals surface area contributed by atoms with Crippen LogP contribution < -0.4 is 4.72 Å². The molecule has 0 aliphatic rings. The molecule has 5 nitrogen and oxygen atoms in total.